The van der Waals surface area contributed by atoms with Crippen LogP contribution in [0.15, 0.2) is 12.5 Å². The molecule has 0 N–H and O–H groups in total. The van der Waals surface area contributed by atoms with E-state index in [4.69, 9.17) is 5.26 Å². The summed E-state index contributed by atoms with van der Waals surface area (Å²) in [7, 11) is 0. The van der Waals surface area contributed by atoms with Gasteiger partial charge in [-0.25, -0.2) is 9.97 Å². The van der Waals surface area contributed by atoms with Crippen molar-refractivity contribution in [2.24, 2.45) is 0 Å². The molecule has 0 fully saturated rings. The van der Waals surface area contributed by atoms with E-state index < -0.39 is 0 Å². The molecule has 0 unspecified atom stereocenters. The summed E-state index contributed by atoms with van der Waals surface area (Å²) in [5.41, 5.74) is 1.28. The van der Waals surface area contributed by atoms with Gasteiger partial charge in [-0.05, 0) is 0 Å². The van der Waals surface area contributed by atoms with Gasteiger partial charge in [0, 0.05) is 11.6 Å². The van der Waals surface area contributed by atoms with Gasteiger partial charge in [-0.2, -0.15) is 5.26 Å². The Morgan fingerprint density at radius 3 is 2.50 bits per heavy atom. The number of rotatable bonds is 0. The van der Waals surface area contributed by atoms with Crippen LogP contribution in [-0.2, 0) is 5.41 Å². The van der Waals surface area contributed by atoms with Gasteiger partial charge in [0.2, 0.25) is 0 Å². The Labute approximate surface area is 72.1 Å². The molecule has 1 rings (SSSR count). The maximum absolute atomic E-state index is 8.75. The molecule has 0 radical (unpaired) electrons. The molecule has 0 saturated carbocycles. The molecule has 3 nitrogen and oxygen atoms in total. The van der Waals surface area contributed by atoms with Crippen LogP contribution in [0.5, 0.6) is 0 Å². The van der Waals surface area contributed by atoms with Crippen molar-refractivity contribution in [1.29, 1.82) is 5.26 Å². The molecule has 0 aliphatic heterocycles. The summed E-state index contributed by atoms with van der Waals surface area (Å²) in [6, 6.07) is 2.08. The smallest absolute Gasteiger partial charge is 0.115 e. The molecule has 3 heteroatoms. The van der Waals surface area contributed by atoms with Crippen LogP contribution in [0.1, 0.15) is 32.0 Å². The molecule has 0 saturated heterocycles. The molecule has 0 amide bonds. The van der Waals surface area contributed by atoms with Gasteiger partial charge >= 0.3 is 0 Å². The minimum absolute atomic E-state index is 0.0893. The lowest BCUT2D eigenvalue weighted by atomic mass is 9.89. The van der Waals surface area contributed by atoms with E-state index in [9.17, 15) is 0 Å². The molecule has 12 heavy (non-hydrogen) atoms. The second-order valence-electron chi connectivity index (χ2n) is 3.65. The van der Waals surface area contributed by atoms with Gasteiger partial charge in [-0.1, -0.05) is 20.8 Å². The Morgan fingerprint density at radius 1 is 1.42 bits per heavy atom. The van der Waals surface area contributed by atoms with Crippen molar-refractivity contribution in [1.82, 2.24) is 9.97 Å². The predicted octanol–water partition coefficient (Wildman–Crippen LogP) is 1.65. The van der Waals surface area contributed by atoms with Crippen LogP contribution in [0.2, 0.25) is 0 Å². The van der Waals surface area contributed by atoms with E-state index in [0.29, 0.717) is 5.56 Å². The van der Waals surface area contributed by atoms with Crippen molar-refractivity contribution in [3.05, 3.63) is 23.8 Å². The second-order valence-corrected chi connectivity index (χ2v) is 3.65. The average molecular weight is 161 g/mol. The highest BCUT2D eigenvalue weighted by molar-refractivity contribution is 5.34. The molecular weight excluding hydrogens is 150 g/mol. The monoisotopic (exact) mass is 161 g/mol. The van der Waals surface area contributed by atoms with E-state index in [-0.39, 0.29) is 5.41 Å². The van der Waals surface area contributed by atoms with E-state index >= 15 is 0 Å². The zero-order chi connectivity index (χ0) is 9.19. The predicted molar refractivity (Wildman–Crippen MR) is 45.4 cm³/mol. The third-order valence-corrected chi connectivity index (χ3v) is 1.54. The number of nitriles is 1. The molecule has 0 bridgehead atoms. The standard InChI is InChI=1S/C9H11N3/c1-9(2,3)8-7(4-10)5-11-6-12-8/h5-6H,1-3H3. The first-order valence-corrected chi connectivity index (χ1v) is 3.76. The first kappa shape index (κ1) is 8.66. The van der Waals surface area contributed by atoms with Crippen molar-refractivity contribution in [3.8, 4) is 6.07 Å². The van der Waals surface area contributed by atoms with Gasteiger partial charge in [0.1, 0.15) is 12.4 Å². The molecular formula is C9H11N3. The van der Waals surface area contributed by atoms with Gasteiger partial charge in [-0.3, -0.25) is 0 Å². The molecule has 1 aromatic heterocycles. The third kappa shape index (κ3) is 1.59. The van der Waals surface area contributed by atoms with Crippen LogP contribution < -0.4 is 0 Å². The molecule has 0 aliphatic rings. The number of hydrogen-bond acceptors (Lipinski definition) is 3. The Bertz CT molecular complexity index is 317. The summed E-state index contributed by atoms with van der Waals surface area (Å²) < 4.78 is 0. The molecule has 1 heterocycles. The van der Waals surface area contributed by atoms with Crippen LogP contribution in [0.4, 0.5) is 0 Å². The Morgan fingerprint density at radius 2 is 2.08 bits per heavy atom. The summed E-state index contributed by atoms with van der Waals surface area (Å²) in [4.78, 5) is 7.88. The largest absolute Gasteiger partial charge is 0.243 e. The van der Waals surface area contributed by atoms with Gasteiger partial charge in [0.25, 0.3) is 0 Å². The van der Waals surface area contributed by atoms with Crippen LogP contribution >= 0.6 is 0 Å². The van der Waals surface area contributed by atoms with Gasteiger partial charge < -0.3 is 0 Å². The topological polar surface area (TPSA) is 49.6 Å². The Kier molecular flexibility index (Phi) is 2.09. The fourth-order valence-corrected chi connectivity index (χ4v) is 1.01. The quantitative estimate of drug-likeness (QED) is 0.581. The van der Waals surface area contributed by atoms with Crippen molar-refractivity contribution in [3.63, 3.8) is 0 Å². The molecule has 1 aromatic rings. The van der Waals surface area contributed by atoms with E-state index in [1.807, 2.05) is 20.8 Å². The Balaban J connectivity index is 3.26. The molecule has 0 aromatic carbocycles. The van der Waals surface area contributed by atoms with Crippen LogP contribution in [0, 0.1) is 11.3 Å². The molecule has 0 atom stereocenters. The van der Waals surface area contributed by atoms with E-state index in [1.54, 1.807) is 6.20 Å². The van der Waals surface area contributed by atoms with Gasteiger partial charge in [-0.15, -0.1) is 0 Å². The van der Waals surface area contributed by atoms with E-state index in [1.165, 1.54) is 6.33 Å². The highest BCUT2D eigenvalue weighted by Crippen LogP contribution is 2.21. The summed E-state index contributed by atoms with van der Waals surface area (Å²) in [5, 5.41) is 8.75. The summed E-state index contributed by atoms with van der Waals surface area (Å²) in [6.45, 7) is 6.07. The minimum atomic E-state index is -0.0893. The number of nitrogens with zero attached hydrogens (tertiary/aromatic N) is 3. The number of hydrogen-bond donors (Lipinski definition) is 0. The second kappa shape index (κ2) is 2.90. The normalized spacial score (nSPS) is 10.8. The lowest BCUT2D eigenvalue weighted by molar-refractivity contribution is 0.564. The average Bonchev–Trinajstić information content (AvgIpc) is 2.03. The third-order valence-electron chi connectivity index (χ3n) is 1.54. The van der Waals surface area contributed by atoms with Crippen LogP contribution in [-0.4, -0.2) is 9.97 Å². The zero-order valence-electron chi connectivity index (χ0n) is 7.50. The lowest BCUT2D eigenvalue weighted by Crippen LogP contribution is -2.15. The fraction of sp³-hybridized carbons (Fsp3) is 0.444. The molecule has 0 spiro atoms. The zero-order valence-corrected chi connectivity index (χ0v) is 7.50. The molecule has 62 valence electrons. The SMILES string of the molecule is CC(C)(C)c1ncncc1C#N. The lowest BCUT2D eigenvalue weighted by Gasteiger charge is -2.17. The maximum atomic E-state index is 8.75. The summed E-state index contributed by atoms with van der Waals surface area (Å²) >= 11 is 0. The van der Waals surface area contributed by atoms with Crippen molar-refractivity contribution < 1.29 is 0 Å². The van der Waals surface area contributed by atoms with Crippen LogP contribution in [0.3, 0.4) is 0 Å². The maximum Gasteiger partial charge on any atom is 0.115 e. The van der Waals surface area contributed by atoms with Crippen molar-refractivity contribution >= 4 is 0 Å². The van der Waals surface area contributed by atoms with Gasteiger partial charge in [0.15, 0.2) is 0 Å². The summed E-state index contributed by atoms with van der Waals surface area (Å²) in [6.07, 6.45) is 3.02. The van der Waals surface area contributed by atoms with Crippen molar-refractivity contribution in [2.75, 3.05) is 0 Å². The van der Waals surface area contributed by atoms with Crippen LogP contribution in [0.25, 0.3) is 0 Å². The highest BCUT2D eigenvalue weighted by Gasteiger charge is 2.19. The Hall–Kier alpha value is -1.43. The van der Waals surface area contributed by atoms with E-state index in [2.05, 4.69) is 16.0 Å². The van der Waals surface area contributed by atoms with Gasteiger partial charge in [0.05, 0.1) is 11.3 Å². The first-order chi connectivity index (χ1) is 5.55. The minimum Gasteiger partial charge on any atom is -0.243 e. The molecule has 0 aliphatic carbocycles. The van der Waals surface area contributed by atoms with Crippen molar-refractivity contribution in [2.45, 2.75) is 26.2 Å². The number of aromatic nitrogens is 2. The summed E-state index contributed by atoms with van der Waals surface area (Å²) in [5.74, 6) is 0. The highest BCUT2D eigenvalue weighted by atomic mass is 14.8. The fourth-order valence-electron chi connectivity index (χ4n) is 1.01. The van der Waals surface area contributed by atoms with E-state index in [0.717, 1.165) is 5.69 Å². The first-order valence-electron chi connectivity index (χ1n) is 3.76.